The molecule has 0 radical (unpaired) electrons. The van der Waals surface area contributed by atoms with Crippen molar-refractivity contribution >= 4 is 39.1 Å². The van der Waals surface area contributed by atoms with Gasteiger partial charge in [-0.1, -0.05) is 41.9 Å². The van der Waals surface area contributed by atoms with E-state index in [1.165, 1.54) is 11.9 Å². The summed E-state index contributed by atoms with van der Waals surface area (Å²) in [6.45, 7) is 1.02. The first-order valence-electron chi connectivity index (χ1n) is 10.7. The molecule has 0 aliphatic heterocycles. The molecule has 1 N–H and O–H groups in total. The molecule has 10 heteroatoms. The van der Waals surface area contributed by atoms with E-state index in [9.17, 15) is 22.4 Å². The van der Waals surface area contributed by atoms with Gasteiger partial charge in [-0.05, 0) is 61.0 Å². The van der Waals surface area contributed by atoms with Gasteiger partial charge in [-0.25, -0.2) is 12.8 Å². The lowest BCUT2D eigenvalue weighted by Crippen LogP contribution is -2.50. The fourth-order valence-electron chi connectivity index (χ4n) is 3.48. The molecule has 3 aromatic rings. The summed E-state index contributed by atoms with van der Waals surface area (Å²) >= 11 is 6.08. The Balaban J connectivity index is 2.00. The molecule has 0 heterocycles. The van der Waals surface area contributed by atoms with Gasteiger partial charge in [0.15, 0.2) is 0 Å². The SMILES string of the molecule is CNC(=O)C(C)N(Cc1cccc(Cl)c1)C(=O)CN(c1ccccc1)S(=O)(=O)c1ccc(F)cc1. The lowest BCUT2D eigenvalue weighted by molar-refractivity contribution is -0.139. The Labute approximate surface area is 209 Å². The number of nitrogens with one attached hydrogen (secondary N) is 1. The van der Waals surface area contributed by atoms with Crippen molar-refractivity contribution in [3.63, 3.8) is 0 Å². The molecular weight excluding hydrogens is 493 g/mol. The molecule has 0 spiro atoms. The van der Waals surface area contributed by atoms with Crippen molar-refractivity contribution in [1.29, 1.82) is 0 Å². The Hall–Kier alpha value is -3.43. The maximum Gasteiger partial charge on any atom is 0.264 e. The molecule has 0 bridgehead atoms. The van der Waals surface area contributed by atoms with Crippen LogP contribution < -0.4 is 9.62 Å². The predicted molar refractivity (Wildman–Crippen MR) is 133 cm³/mol. The Bertz CT molecular complexity index is 1290. The minimum Gasteiger partial charge on any atom is -0.357 e. The molecule has 3 aromatic carbocycles. The Kier molecular flexibility index (Phi) is 8.48. The van der Waals surface area contributed by atoms with E-state index < -0.39 is 40.2 Å². The predicted octanol–water partition coefficient (Wildman–Crippen LogP) is 3.84. The fraction of sp³-hybridized carbons (Fsp3) is 0.200. The van der Waals surface area contributed by atoms with Gasteiger partial charge in [0.25, 0.3) is 10.0 Å². The first-order chi connectivity index (χ1) is 16.6. The summed E-state index contributed by atoms with van der Waals surface area (Å²) in [6.07, 6.45) is 0. The number of sulfonamides is 1. The highest BCUT2D eigenvalue weighted by Gasteiger charge is 2.32. The van der Waals surface area contributed by atoms with Crippen molar-refractivity contribution in [1.82, 2.24) is 10.2 Å². The van der Waals surface area contributed by atoms with Crippen LogP contribution in [0.2, 0.25) is 5.02 Å². The number of carbonyl (C=O) groups excluding carboxylic acids is 2. The van der Waals surface area contributed by atoms with Gasteiger partial charge in [-0.2, -0.15) is 0 Å². The van der Waals surface area contributed by atoms with Crippen LogP contribution in [-0.4, -0.2) is 44.8 Å². The molecule has 1 unspecified atom stereocenters. The van der Waals surface area contributed by atoms with Crippen molar-refractivity contribution in [2.75, 3.05) is 17.9 Å². The van der Waals surface area contributed by atoms with Gasteiger partial charge in [0, 0.05) is 18.6 Å². The van der Waals surface area contributed by atoms with E-state index in [0.29, 0.717) is 10.6 Å². The third kappa shape index (κ3) is 6.37. The van der Waals surface area contributed by atoms with Gasteiger partial charge >= 0.3 is 0 Å². The van der Waals surface area contributed by atoms with Crippen molar-refractivity contribution < 1.29 is 22.4 Å². The fourth-order valence-corrected chi connectivity index (χ4v) is 5.11. The molecule has 0 fully saturated rings. The zero-order valence-electron chi connectivity index (χ0n) is 19.2. The standard InChI is InChI=1S/C25H25ClFN3O4S/c1-18(25(32)28-2)29(16-19-7-6-8-20(26)15-19)24(31)17-30(22-9-4-3-5-10-22)35(33,34)23-13-11-21(27)12-14-23/h3-15,18H,16-17H2,1-2H3,(H,28,32). The minimum atomic E-state index is -4.23. The molecule has 0 aromatic heterocycles. The lowest BCUT2D eigenvalue weighted by atomic mass is 10.1. The van der Waals surface area contributed by atoms with Crippen molar-refractivity contribution in [3.8, 4) is 0 Å². The van der Waals surface area contributed by atoms with Crippen LogP contribution in [-0.2, 0) is 26.2 Å². The summed E-state index contributed by atoms with van der Waals surface area (Å²) in [7, 11) is -2.78. The van der Waals surface area contributed by atoms with E-state index in [1.54, 1.807) is 61.5 Å². The highest BCUT2D eigenvalue weighted by molar-refractivity contribution is 7.92. The smallest absolute Gasteiger partial charge is 0.264 e. The number of hydrogen-bond acceptors (Lipinski definition) is 4. The third-order valence-electron chi connectivity index (χ3n) is 5.38. The number of halogens is 2. The summed E-state index contributed by atoms with van der Waals surface area (Å²) in [4.78, 5) is 27.1. The number of amides is 2. The van der Waals surface area contributed by atoms with Crippen LogP contribution in [0, 0.1) is 5.82 Å². The summed E-state index contributed by atoms with van der Waals surface area (Å²) in [5.74, 6) is -1.60. The van der Waals surface area contributed by atoms with Crippen LogP contribution in [0.3, 0.4) is 0 Å². The van der Waals surface area contributed by atoms with Crippen molar-refractivity contribution in [3.05, 3.63) is 95.3 Å². The molecule has 0 saturated carbocycles. The quantitative estimate of drug-likeness (QED) is 0.467. The average molecular weight is 518 g/mol. The van der Waals surface area contributed by atoms with E-state index >= 15 is 0 Å². The number of hydrogen-bond donors (Lipinski definition) is 1. The van der Waals surface area contributed by atoms with E-state index in [4.69, 9.17) is 11.6 Å². The van der Waals surface area contributed by atoms with Crippen molar-refractivity contribution in [2.45, 2.75) is 24.4 Å². The van der Waals surface area contributed by atoms with Gasteiger partial charge in [0.05, 0.1) is 10.6 Å². The second kappa shape index (κ2) is 11.3. The highest BCUT2D eigenvalue weighted by atomic mass is 35.5. The molecule has 184 valence electrons. The molecule has 7 nitrogen and oxygen atoms in total. The second-order valence-electron chi connectivity index (χ2n) is 7.74. The molecule has 3 rings (SSSR count). The number of likely N-dealkylation sites (N-methyl/N-ethyl adjacent to an activating group) is 1. The molecule has 35 heavy (non-hydrogen) atoms. The molecule has 1 atom stereocenters. The van der Waals surface area contributed by atoms with Crippen LogP contribution >= 0.6 is 11.6 Å². The zero-order chi connectivity index (χ0) is 25.6. The van der Waals surface area contributed by atoms with Crippen LogP contribution in [0.15, 0.2) is 83.8 Å². The van der Waals surface area contributed by atoms with Crippen LogP contribution in [0.25, 0.3) is 0 Å². The number of carbonyl (C=O) groups is 2. The number of benzene rings is 3. The first-order valence-corrected chi connectivity index (χ1v) is 12.5. The minimum absolute atomic E-state index is 0.0349. The van der Waals surface area contributed by atoms with E-state index in [0.717, 1.165) is 28.6 Å². The molecular formula is C25H25ClFN3O4S. The lowest BCUT2D eigenvalue weighted by Gasteiger charge is -2.31. The Morgan fingerprint density at radius 1 is 1.00 bits per heavy atom. The average Bonchev–Trinajstić information content (AvgIpc) is 2.85. The molecule has 0 aliphatic rings. The van der Waals surface area contributed by atoms with Crippen LogP contribution in [0.5, 0.6) is 0 Å². The number of anilines is 1. The zero-order valence-corrected chi connectivity index (χ0v) is 20.8. The molecule has 2 amide bonds. The van der Waals surface area contributed by atoms with E-state index in [-0.39, 0.29) is 17.1 Å². The summed E-state index contributed by atoms with van der Waals surface area (Å²) in [5.41, 5.74) is 0.926. The largest absolute Gasteiger partial charge is 0.357 e. The topological polar surface area (TPSA) is 86.8 Å². The monoisotopic (exact) mass is 517 g/mol. The summed E-state index contributed by atoms with van der Waals surface area (Å²) in [5, 5.41) is 2.98. The first kappa shape index (κ1) is 26.2. The van der Waals surface area contributed by atoms with Gasteiger partial charge in [-0.3, -0.25) is 13.9 Å². The highest BCUT2D eigenvalue weighted by Crippen LogP contribution is 2.24. The van der Waals surface area contributed by atoms with Gasteiger partial charge in [-0.15, -0.1) is 0 Å². The maximum atomic E-state index is 13.6. The Morgan fingerprint density at radius 3 is 2.26 bits per heavy atom. The summed E-state index contributed by atoms with van der Waals surface area (Å²) < 4.78 is 41.4. The second-order valence-corrected chi connectivity index (χ2v) is 10.0. The number of rotatable bonds is 9. The van der Waals surface area contributed by atoms with Crippen LogP contribution in [0.4, 0.5) is 10.1 Å². The summed E-state index contributed by atoms with van der Waals surface area (Å²) in [6, 6.07) is 18.4. The van der Waals surface area contributed by atoms with E-state index in [2.05, 4.69) is 5.32 Å². The van der Waals surface area contributed by atoms with Crippen LogP contribution in [0.1, 0.15) is 12.5 Å². The normalized spacial score (nSPS) is 12.0. The number of para-hydroxylation sites is 1. The van der Waals surface area contributed by atoms with Gasteiger partial charge in [0.1, 0.15) is 18.4 Å². The van der Waals surface area contributed by atoms with E-state index in [1.807, 2.05) is 0 Å². The maximum absolute atomic E-state index is 13.6. The Morgan fingerprint density at radius 2 is 1.66 bits per heavy atom. The third-order valence-corrected chi connectivity index (χ3v) is 7.40. The van der Waals surface area contributed by atoms with Gasteiger partial charge < -0.3 is 10.2 Å². The number of nitrogens with zero attached hydrogens (tertiary/aromatic N) is 2. The molecule has 0 aliphatic carbocycles. The van der Waals surface area contributed by atoms with Gasteiger partial charge in [0.2, 0.25) is 11.8 Å². The molecule has 0 saturated heterocycles. The van der Waals surface area contributed by atoms with Crippen molar-refractivity contribution in [2.24, 2.45) is 0 Å².